The van der Waals surface area contributed by atoms with Crippen LogP contribution >= 0.6 is 23.0 Å². The highest BCUT2D eigenvalue weighted by Gasteiger charge is 2.55. The van der Waals surface area contributed by atoms with Gasteiger partial charge in [0.25, 0.3) is 0 Å². The van der Waals surface area contributed by atoms with Gasteiger partial charge in [0, 0.05) is 5.92 Å². The Morgan fingerprint density at radius 1 is 1.35 bits per heavy atom. The number of unbranched alkanes of at least 4 members (excludes halogenated alkanes) is 1. The van der Waals surface area contributed by atoms with Crippen molar-refractivity contribution in [3.8, 4) is 0 Å². The van der Waals surface area contributed by atoms with Gasteiger partial charge in [-0.3, -0.25) is 4.79 Å². The molecule has 0 bridgehead atoms. The van der Waals surface area contributed by atoms with Crippen LogP contribution in [-0.2, 0) is 7.86 Å². The van der Waals surface area contributed by atoms with E-state index in [1.54, 1.807) is 0 Å². The summed E-state index contributed by atoms with van der Waals surface area (Å²) in [6, 6.07) is 0. The first-order valence-corrected chi connectivity index (χ1v) is 9.40. The molecular weight excluding hydrogens is 405 g/mol. The second-order valence-corrected chi connectivity index (χ2v) is 7.80. The van der Waals surface area contributed by atoms with Crippen LogP contribution in [0.4, 0.5) is 0 Å². The number of rotatable bonds is 10. The van der Waals surface area contributed by atoms with Gasteiger partial charge in [-0.25, -0.2) is 0 Å². The SMILES string of the molecule is [B]C(O)(O)CC[C@H]1C(OI)C(C)(C)C(=O)[C@@H]1CC[B]CCCC. The van der Waals surface area contributed by atoms with E-state index in [0.717, 1.165) is 19.1 Å². The number of halogens is 1. The number of hydrogen-bond acceptors (Lipinski definition) is 4. The Labute approximate surface area is 156 Å². The molecule has 23 heavy (non-hydrogen) atoms. The minimum absolute atomic E-state index is 0.0313. The largest absolute Gasteiger partial charge is 0.375 e. The van der Waals surface area contributed by atoms with Crippen LogP contribution in [0.3, 0.4) is 0 Å². The molecule has 0 aromatic carbocycles. The fourth-order valence-corrected chi connectivity index (χ4v) is 4.62. The van der Waals surface area contributed by atoms with Gasteiger partial charge in [-0.1, -0.05) is 52.7 Å². The van der Waals surface area contributed by atoms with E-state index in [9.17, 15) is 15.0 Å². The summed E-state index contributed by atoms with van der Waals surface area (Å²) in [5.41, 5.74) is -2.74. The molecule has 0 heterocycles. The Hall–Kier alpha value is 0.410. The first-order valence-electron chi connectivity index (χ1n) is 8.52. The Kier molecular flexibility index (Phi) is 8.58. The standard InChI is InChI=1S/C16H28B2IO4/c1-4-5-9-18-10-7-11-12(6-8-16(17,21)22)14(23-19)15(2,3)13(11)20/h11-12,14,21-22H,4-10H2,1-3H3/t11-,12-,14?/m1/s1. The molecular formula is C16H28B2IO4. The van der Waals surface area contributed by atoms with Gasteiger partial charge in [0.1, 0.15) is 41.8 Å². The van der Waals surface area contributed by atoms with E-state index in [1.165, 1.54) is 12.8 Å². The van der Waals surface area contributed by atoms with E-state index < -0.39 is 11.1 Å². The molecule has 4 nitrogen and oxygen atoms in total. The molecule has 1 aliphatic carbocycles. The van der Waals surface area contributed by atoms with Gasteiger partial charge in [0.15, 0.2) is 7.85 Å². The number of aliphatic hydroxyl groups is 2. The summed E-state index contributed by atoms with van der Waals surface area (Å²) in [5.74, 6) is 0.0766. The monoisotopic (exact) mass is 433 g/mol. The van der Waals surface area contributed by atoms with Gasteiger partial charge in [-0.15, -0.1) is 0 Å². The molecule has 1 fully saturated rings. The number of hydrogen-bond donors (Lipinski definition) is 2. The molecule has 0 amide bonds. The van der Waals surface area contributed by atoms with Crippen molar-refractivity contribution in [1.29, 1.82) is 0 Å². The summed E-state index contributed by atoms with van der Waals surface area (Å²) in [7, 11) is 7.53. The number of Topliss-reactive ketones (excluding diaryl/α,β-unsaturated/α-hetero) is 1. The van der Waals surface area contributed by atoms with Gasteiger partial charge >= 0.3 is 0 Å². The molecule has 0 saturated heterocycles. The normalized spacial score (nSPS) is 27.4. The molecule has 129 valence electrons. The van der Waals surface area contributed by atoms with Crippen LogP contribution in [0.2, 0.25) is 12.6 Å². The van der Waals surface area contributed by atoms with E-state index in [-0.39, 0.29) is 30.1 Å². The Morgan fingerprint density at radius 3 is 2.52 bits per heavy atom. The highest BCUT2D eigenvalue weighted by molar-refractivity contribution is 14.1. The molecule has 1 unspecified atom stereocenters. The Morgan fingerprint density at radius 2 is 2.00 bits per heavy atom. The maximum atomic E-state index is 12.8. The third kappa shape index (κ3) is 6.01. The van der Waals surface area contributed by atoms with Crippen LogP contribution < -0.4 is 0 Å². The topological polar surface area (TPSA) is 66.8 Å². The number of ketones is 1. The maximum absolute atomic E-state index is 12.8. The minimum Gasteiger partial charge on any atom is -0.375 e. The van der Waals surface area contributed by atoms with E-state index in [1.807, 2.05) is 36.9 Å². The second kappa shape index (κ2) is 9.20. The lowest BCUT2D eigenvalue weighted by Gasteiger charge is -2.28. The summed E-state index contributed by atoms with van der Waals surface area (Å²) < 4.78 is 5.58. The third-order valence-corrected chi connectivity index (χ3v) is 5.52. The van der Waals surface area contributed by atoms with E-state index in [4.69, 9.17) is 10.9 Å². The van der Waals surface area contributed by atoms with Gasteiger partial charge in [0.2, 0.25) is 0 Å². The quantitative estimate of drug-likeness (QED) is 0.241. The maximum Gasteiger partial charge on any atom is 0.153 e. The average molecular weight is 433 g/mol. The molecule has 3 radical (unpaired) electrons. The van der Waals surface area contributed by atoms with Crippen LogP contribution in [-0.4, -0.2) is 42.9 Å². The highest BCUT2D eigenvalue weighted by atomic mass is 127. The molecule has 0 spiro atoms. The molecule has 1 saturated carbocycles. The first kappa shape index (κ1) is 21.5. The predicted molar refractivity (Wildman–Crippen MR) is 102 cm³/mol. The Balaban J connectivity index is 2.74. The molecule has 1 aliphatic rings. The zero-order valence-electron chi connectivity index (χ0n) is 14.4. The lowest BCUT2D eigenvalue weighted by atomic mass is 9.66. The average Bonchev–Trinajstić information content (AvgIpc) is 2.63. The lowest BCUT2D eigenvalue weighted by Crippen LogP contribution is -2.34. The van der Waals surface area contributed by atoms with Crippen molar-refractivity contribution >= 4 is 43.9 Å². The van der Waals surface area contributed by atoms with Crippen molar-refractivity contribution < 1.29 is 18.1 Å². The summed E-state index contributed by atoms with van der Waals surface area (Å²) in [6.07, 6.45) is 5.40. The van der Waals surface area contributed by atoms with Crippen LogP contribution in [0.1, 0.15) is 52.9 Å². The zero-order valence-corrected chi connectivity index (χ0v) is 16.6. The van der Waals surface area contributed by atoms with Crippen LogP contribution in [0, 0.1) is 17.3 Å². The highest BCUT2D eigenvalue weighted by Crippen LogP contribution is 2.48. The van der Waals surface area contributed by atoms with Crippen molar-refractivity contribution in [2.75, 3.05) is 0 Å². The zero-order chi connectivity index (χ0) is 17.7. The van der Waals surface area contributed by atoms with Crippen LogP contribution in [0.5, 0.6) is 0 Å². The fraction of sp³-hybridized carbons (Fsp3) is 0.938. The predicted octanol–water partition coefficient (Wildman–Crippen LogP) is 2.88. The number of carbonyl (C=O) groups excluding carboxylic acids is 1. The number of carbonyl (C=O) groups is 1. The summed E-state index contributed by atoms with van der Waals surface area (Å²) in [5, 5.41) is 18.8. The second-order valence-electron chi connectivity index (χ2n) is 7.29. The first-order chi connectivity index (χ1) is 10.6. The van der Waals surface area contributed by atoms with Gasteiger partial charge in [-0.05, 0) is 18.8 Å². The Bertz CT molecular complexity index is 385. The van der Waals surface area contributed by atoms with Crippen molar-refractivity contribution in [3.05, 3.63) is 0 Å². The summed E-state index contributed by atoms with van der Waals surface area (Å²) >= 11 is 1.85. The minimum atomic E-state index is -2.19. The molecule has 7 heteroatoms. The van der Waals surface area contributed by atoms with Crippen molar-refractivity contribution in [1.82, 2.24) is 0 Å². The van der Waals surface area contributed by atoms with E-state index in [2.05, 4.69) is 14.2 Å². The smallest absolute Gasteiger partial charge is 0.153 e. The third-order valence-electron chi connectivity index (χ3n) is 4.97. The lowest BCUT2D eigenvalue weighted by molar-refractivity contribution is -0.129. The molecule has 0 aromatic rings. The molecule has 3 atom stereocenters. The molecule has 2 N–H and O–H groups in total. The van der Waals surface area contributed by atoms with Gasteiger partial charge < -0.3 is 13.3 Å². The van der Waals surface area contributed by atoms with Gasteiger partial charge in [0.05, 0.1) is 11.5 Å². The molecule has 0 aromatic heterocycles. The molecule has 0 aliphatic heterocycles. The van der Waals surface area contributed by atoms with Crippen molar-refractivity contribution in [2.45, 2.75) is 77.3 Å². The van der Waals surface area contributed by atoms with Gasteiger partial charge in [-0.2, -0.15) is 0 Å². The molecule has 1 rings (SSSR count). The summed E-state index contributed by atoms with van der Waals surface area (Å²) in [4.78, 5) is 12.8. The van der Waals surface area contributed by atoms with Crippen molar-refractivity contribution in [2.24, 2.45) is 17.3 Å². The van der Waals surface area contributed by atoms with E-state index >= 15 is 0 Å². The van der Waals surface area contributed by atoms with Crippen LogP contribution in [0.15, 0.2) is 0 Å². The fourth-order valence-electron chi connectivity index (χ4n) is 3.60. The van der Waals surface area contributed by atoms with Crippen molar-refractivity contribution in [3.63, 3.8) is 0 Å². The van der Waals surface area contributed by atoms with Crippen LogP contribution in [0.25, 0.3) is 0 Å². The summed E-state index contributed by atoms with van der Waals surface area (Å²) in [6.45, 7) is 6.00. The van der Waals surface area contributed by atoms with E-state index in [0.29, 0.717) is 6.42 Å².